The molecule has 4 aromatic rings. The van der Waals surface area contributed by atoms with E-state index < -0.39 is 28.5 Å². The third-order valence-electron chi connectivity index (χ3n) is 7.34. The fourth-order valence-electron chi connectivity index (χ4n) is 4.72. The van der Waals surface area contributed by atoms with Crippen molar-refractivity contribution >= 4 is 62.3 Å². The number of carbonyl (C=O) groups is 2. The predicted octanol–water partition coefficient (Wildman–Crippen LogP) is 7.40. The molecule has 0 radical (unpaired) electrons. The molecule has 45 heavy (non-hydrogen) atoms. The zero-order valence-electron chi connectivity index (χ0n) is 24.9. The Labute approximate surface area is 279 Å². The summed E-state index contributed by atoms with van der Waals surface area (Å²) in [7, 11) is -4.26. The van der Waals surface area contributed by atoms with Crippen molar-refractivity contribution in [3.8, 4) is 0 Å². The first-order valence-corrected chi connectivity index (χ1v) is 17.0. The van der Waals surface area contributed by atoms with Gasteiger partial charge in [0.2, 0.25) is 11.8 Å². The second-order valence-electron chi connectivity index (χ2n) is 10.6. The first-order chi connectivity index (χ1) is 21.5. The number of rotatable bonds is 13. The molecule has 0 fully saturated rings. The Balaban J connectivity index is 1.82. The van der Waals surface area contributed by atoms with Crippen molar-refractivity contribution < 1.29 is 18.0 Å². The van der Waals surface area contributed by atoms with Crippen LogP contribution >= 0.6 is 34.8 Å². The lowest BCUT2D eigenvalue weighted by molar-refractivity contribution is -0.140. The zero-order valence-corrected chi connectivity index (χ0v) is 28.0. The first kappa shape index (κ1) is 34.3. The van der Waals surface area contributed by atoms with Gasteiger partial charge in [0, 0.05) is 19.0 Å². The number of nitrogens with one attached hydrogen (secondary N) is 1. The summed E-state index contributed by atoms with van der Waals surface area (Å²) in [6.07, 6.45) is 0.869. The van der Waals surface area contributed by atoms with Gasteiger partial charge >= 0.3 is 0 Å². The maximum atomic E-state index is 14.5. The smallest absolute Gasteiger partial charge is 0.264 e. The highest BCUT2D eigenvalue weighted by Gasteiger charge is 2.35. The lowest BCUT2D eigenvalue weighted by Crippen LogP contribution is -2.54. The lowest BCUT2D eigenvalue weighted by Gasteiger charge is -2.34. The normalized spacial score (nSPS) is 12.6. The molecule has 2 amide bonds. The zero-order chi connectivity index (χ0) is 32.6. The topological polar surface area (TPSA) is 86.8 Å². The van der Waals surface area contributed by atoms with Crippen molar-refractivity contribution in [2.75, 3.05) is 10.8 Å². The summed E-state index contributed by atoms with van der Waals surface area (Å²) in [6.45, 7) is 3.17. The van der Waals surface area contributed by atoms with Crippen molar-refractivity contribution in [3.63, 3.8) is 0 Å². The van der Waals surface area contributed by atoms with Gasteiger partial charge in [0.1, 0.15) is 12.6 Å². The molecule has 0 spiro atoms. The number of sulfonamides is 1. The summed E-state index contributed by atoms with van der Waals surface area (Å²) in [5, 5.41) is 3.78. The molecule has 4 rings (SSSR count). The van der Waals surface area contributed by atoms with E-state index in [0.29, 0.717) is 17.0 Å². The summed E-state index contributed by atoms with van der Waals surface area (Å²) in [5.41, 5.74) is 1.57. The molecule has 0 aromatic heterocycles. The molecule has 11 heteroatoms. The van der Waals surface area contributed by atoms with Gasteiger partial charge in [-0.2, -0.15) is 0 Å². The van der Waals surface area contributed by atoms with Gasteiger partial charge in [-0.1, -0.05) is 108 Å². The van der Waals surface area contributed by atoms with Gasteiger partial charge in [0.15, 0.2) is 0 Å². The summed E-state index contributed by atoms with van der Waals surface area (Å²) >= 11 is 19.0. The molecule has 0 saturated heterocycles. The van der Waals surface area contributed by atoms with Crippen molar-refractivity contribution in [2.24, 2.45) is 0 Å². The van der Waals surface area contributed by atoms with E-state index in [9.17, 15) is 18.0 Å². The Morgan fingerprint density at radius 1 is 0.778 bits per heavy atom. The van der Waals surface area contributed by atoms with Gasteiger partial charge in [0.05, 0.1) is 25.7 Å². The van der Waals surface area contributed by atoms with E-state index in [1.807, 2.05) is 44.2 Å². The number of carbonyl (C=O) groups excluding carboxylic acids is 2. The number of nitrogens with zero attached hydrogens (tertiary/aromatic N) is 2. The molecule has 1 N–H and O–H groups in total. The Morgan fingerprint density at radius 2 is 1.40 bits per heavy atom. The monoisotopic (exact) mass is 685 g/mol. The molecule has 0 bridgehead atoms. The predicted molar refractivity (Wildman–Crippen MR) is 181 cm³/mol. The molecule has 236 valence electrons. The number of halogens is 3. The molecule has 7 nitrogen and oxygen atoms in total. The molecule has 4 aromatic carbocycles. The van der Waals surface area contributed by atoms with Crippen LogP contribution in [0.1, 0.15) is 31.4 Å². The second kappa shape index (κ2) is 15.6. The van der Waals surface area contributed by atoms with Gasteiger partial charge in [0.25, 0.3) is 10.0 Å². The Hall–Kier alpha value is -3.56. The minimum absolute atomic E-state index is 0.0101. The van der Waals surface area contributed by atoms with E-state index >= 15 is 0 Å². The summed E-state index contributed by atoms with van der Waals surface area (Å²) in [5.74, 6) is -0.974. The Morgan fingerprint density at radius 3 is 2.02 bits per heavy atom. The maximum Gasteiger partial charge on any atom is 0.264 e. The highest BCUT2D eigenvalue weighted by molar-refractivity contribution is 7.92. The lowest BCUT2D eigenvalue weighted by atomic mass is 10.0. The summed E-state index contributed by atoms with van der Waals surface area (Å²) in [4.78, 5) is 29.8. The van der Waals surface area contributed by atoms with Gasteiger partial charge in [-0.15, -0.1) is 0 Å². The van der Waals surface area contributed by atoms with Crippen LogP contribution in [0.2, 0.25) is 15.1 Å². The molecule has 0 saturated carbocycles. The van der Waals surface area contributed by atoms with Crippen LogP contribution in [0.15, 0.2) is 108 Å². The molecule has 2 unspecified atom stereocenters. The van der Waals surface area contributed by atoms with Gasteiger partial charge in [-0.25, -0.2) is 8.42 Å². The van der Waals surface area contributed by atoms with Gasteiger partial charge in [-0.05, 0) is 60.9 Å². The van der Waals surface area contributed by atoms with Crippen LogP contribution in [0.3, 0.4) is 0 Å². The number of amides is 2. The molecular formula is C34H34Cl3N3O4S. The number of anilines is 1. The standard InChI is InChI=1S/C34H34Cl3N3O4S/c1-3-24(2)38-34(42)32(21-25-12-6-4-7-13-25)39(22-26-18-19-28(35)30(37)20-26)33(41)23-40(31-17-11-10-16-29(31)36)45(43,44)27-14-8-5-9-15-27/h4-20,24,32H,3,21-23H2,1-2H3,(H,38,42). The van der Waals surface area contributed by atoms with E-state index in [1.165, 1.54) is 23.1 Å². The minimum atomic E-state index is -4.26. The van der Waals surface area contributed by atoms with Gasteiger partial charge in [-0.3, -0.25) is 13.9 Å². The fourth-order valence-corrected chi connectivity index (χ4v) is 6.78. The van der Waals surface area contributed by atoms with Crippen LogP contribution in [0.4, 0.5) is 5.69 Å². The van der Waals surface area contributed by atoms with Crippen LogP contribution < -0.4 is 9.62 Å². The van der Waals surface area contributed by atoms with E-state index in [0.717, 1.165) is 9.87 Å². The fraction of sp³-hybridized carbons (Fsp3) is 0.235. The minimum Gasteiger partial charge on any atom is -0.352 e. The molecule has 0 aliphatic rings. The number of hydrogen-bond donors (Lipinski definition) is 1. The molecule has 0 aliphatic carbocycles. The summed E-state index contributed by atoms with van der Waals surface area (Å²) in [6, 6.07) is 27.4. The largest absolute Gasteiger partial charge is 0.352 e. The third-order valence-corrected chi connectivity index (χ3v) is 10.2. The van der Waals surface area contributed by atoms with Crippen LogP contribution in [-0.4, -0.2) is 43.8 Å². The average Bonchev–Trinajstić information content (AvgIpc) is 3.04. The highest BCUT2D eigenvalue weighted by atomic mass is 35.5. The van der Waals surface area contributed by atoms with E-state index in [1.54, 1.807) is 54.6 Å². The highest BCUT2D eigenvalue weighted by Crippen LogP contribution is 2.31. The number of hydrogen-bond acceptors (Lipinski definition) is 4. The van der Waals surface area contributed by atoms with E-state index in [-0.39, 0.29) is 45.5 Å². The molecule has 0 aliphatic heterocycles. The van der Waals surface area contributed by atoms with Gasteiger partial charge < -0.3 is 10.2 Å². The van der Waals surface area contributed by atoms with Crippen molar-refractivity contribution in [3.05, 3.63) is 129 Å². The van der Waals surface area contributed by atoms with E-state index in [2.05, 4.69) is 5.32 Å². The van der Waals surface area contributed by atoms with Crippen molar-refractivity contribution in [1.82, 2.24) is 10.2 Å². The van der Waals surface area contributed by atoms with Crippen LogP contribution in [0.25, 0.3) is 0 Å². The molecule has 0 heterocycles. The Bertz CT molecular complexity index is 1720. The van der Waals surface area contributed by atoms with E-state index in [4.69, 9.17) is 34.8 Å². The molecule has 2 atom stereocenters. The van der Waals surface area contributed by atoms with Crippen LogP contribution in [0.5, 0.6) is 0 Å². The quantitative estimate of drug-likeness (QED) is 0.159. The molecular weight excluding hydrogens is 653 g/mol. The first-order valence-electron chi connectivity index (χ1n) is 14.4. The maximum absolute atomic E-state index is 14.5. The SMILES string of the molecule is CCC(C)NC(=O)C(Cc1ccccc1)N(Cc1ccc(Cl)c(Cl)c1)C(=O)CN(c1ccccc1Cl)S(=O)(=O)c1ccccc1. The number of benzene rings is 4. The van der Waals surface area contributed by atoms with Crippen molar-refractivity contribution in [2.45, 2.75) is 50.2 Å². The number of para-hydroxylation sites is 1. The summed E-state index contributed by atoms with van der Waals surface area (Å²) < 4.78 is 29.1. The average molecular weight is 687 g/mol. The van der Waals surface area contributed by atoms with Crippen LogP contribution in [0, 0.1) is 0 Å². The third kappa shape index (κ3) is 8.79. The van der Waals surface area contributed by atoms with Crippen LogP contribution in [-0.2, 0) is 32.6 Å². The Kier molecular flexibility index (Phi) is 11.9. The van der Waals surface area contributed by atoms with Crippen molar-refractivity contribution in [1.29, 1.82) is 0 Å². The second-order valence-corrected chi connectivity index (χ2v) is 13.7.